The maximum atomic E-state index is 14.2. The third-order valence-electron chi connectivity index (χ3n) is 5.73. The number of esters is 1. The first-order valence-electron chi connectivity index (χ1n) is 10.9. The van der Waals surface area contributed by atoms with E-state index in [4.69, 9.17) is 4.74 Å². The Hall–Kier alpha value is -3.85. The predicted octanol–water partition coefficient (Wildman–Crippen LogP) is 5.01. The molecule has 9 heteroatoms. The number of halogens is 1. The fourth-order valence-corrected chi connectivity index (χ4v) is 4.85. The van der Waals surface area contributed by atoms with Gasteiger partial charge in [-0.1, -0.05) is 53.3 Å². The van der Waals surface area contributed by atoms with Gasteiger partial charge in [-0.3, -0.25) is 14.5 Å². The number of hydrogen-bond donors (Lipinski definition) is 1. The normalized spacial score (nSPS) is 17.2. The molecular weight excluding hydrogens is 471 g/mol. The van der Waals surface area contributed by atoms with Gasteiger partial charge in [-0.05, 0) is 44.9 Å². The van der Waals surface area contributed by atoms with E-state index >= 15 is 0 Å². The van der Waals surface area contributed by atoms with Gasteiger partial charge in [0.15, 0.2) is 5.13 Å². The van der Waals surface area contributed by atoms with E-state index in [1.807, 2.05) is 19.1 Å². The van der Waals surface area contributed by atoms with Crippen molar-refractivity contribution in [2.75, 3.05) is 11.5 Å². The van der Waals surface area contributed by atoms with Crippen LogP contribution in [0.15, 0.2) is 48.0 Å². The number of amides is 1. The smallest absolute Gasteiger partial charge is 0.350 e. The number of thiazole rings is 1. The summed E-state index contributed by atoms with van der Waals surface area (Å²) in [5, 5.41) is 11.2. The van der Waals surface area contributed by atoms with E-state index < -0.39 is 35.3 Å². The third-order valence-corrected chi connectivity index (χ3v) is 6.87. The minimum atomic E-state index is -1.03. The monoisotopic (exact) mass is 494 g/mol. The van der Waals surface area contributed by atoms with Crippen LogP contribution < -0.4 is 4.90 Å². The number of aliphatic hydroxyl groups excluding tert-OH is 1. The molecule has 1 aliphatic heterocycles. The summed E-state index contributed by atoms with van der Waals surface area (Å²) in [7, 11) is 0. The second-order valence-electron chi connectivity index (χ2n) is 8.18. The van der Waals surface area contributed by atoms with Gasteiger partial charge < -0.3 is 9.84 Å². The van der Waals surface area contributed by atoms with Crippen molar-refractivity contribution < 1.29 is 28.6 Å². The van der Waals surface area contributed by atoms with Crippen molar-refractivity contribution in [3.63, 3.8) is 0 Å². The molecule has 2 heterocycles. The quantitative estimate of drug-likeness (QED) is 0.232. The molecule has 0 spiro atoms. The number of aliphatic hydroxyl groups is 1. The Labute approximate surface area is 205 Å². The van der Waals surface area contributed by atoms with Gasteiger partial charge in [0, 0.05) is 5.56 Å². The number of aryl methyl sites for hydroxylation is 3. The minimum Gasteiger partial charge on any atom is -0.507 e. The van der Waals surface area contributed by atoms with Gasteiger partial charge in [-0.2, -0.15) is 0 Å². The molecule has 0 bridgehead atoms. The standard InChI is InChI=1S/C26H23FN2O5S/c1-5-34-25(33)23-15(4)28-26(35-23)29-20(16-9-6-13(2)7-10-16)19(22(31)24(29)32)21(30)17-11-8-14(3)18(27)12-17/h6-12,20,30H,5H2,1-4H3/b21-19+. The highest BCUT2D eigenvalue weighted by molar-refractivity contribution is 7.17. The summed E-state index contributed by atoms with van der Waals surface area (Å²) in [6, 6.07) is 10.2. The molecule has 0 saturated carbocycles. The SMILES string of the molecule is CCOC(=O)c1sc(N2C(=O)C(=O)/C(=C(/O)c3ccc(C)c(F)c3)C2c2ccc(C)cc2)nc1C. The summed E-state index contributed by atoms with van der Waals surface area (Å²) in [6.07, 6.45) is 0. The highest BCUT2D eigenvalue weighted by Crippen LogP contribution is 2.44. The zero-order valence-electron chi connectivity index (χ0n) is 19.6. The van der Waals surface area contributed by atoms with Crippen molar-refractivity contribution >= 4 is 39.9 Å². The molecule has 1 N–H and O–H groups in total. The molecule has 1 aromatic heterocycles. The fourth-order valence-electron chi connectivity index (χ4n) is 3.86. The van der Waals surface area contributed by atoms with E-state index in [-0.39, 0.29) is 27.8 Å². The average molecular weight is 495 g/mol. The second kappa shape index (κ2) is 9.42. The molecule has 3 aromatic rings. The molecule has 1 unspecified atom stereocenters. The van der Waals surface area contributed by atoms with Crippen LogP contribution in [0.2, 0.25) is 0 Å². The number of benzene rings is 2. The molecule has 0 aliphatic carbocycles. The Balaban J connectivity index is 1.92. The molecule has 0 radical (unpaired) electrons. The number of ether oxygens (including phenoxy) is 1. The van der Waals surface area contributed by atoms with Crippen LogP contribution in [0.25, 0.3) is 5.76 Å². The Bertz CT molecular complexity index is 1380. The first-order valence-corrected chi connectivity index (χ1v) is 11.7. The van der Waals surface area contributed by atoms with Crippen LogP contribution in [0, 0.1) is 26.6 Å². The number of aromatic nitrogens is 1. The van der Waals surface area contributed by atoms with Gasteiger partial charge in [0.1, 0.15) is 16.5 Å². The Kier molecular flexibility index (Phi) is 6.53. The van der Waals surface area contributed by atoms with Crippen molar-refractivity contribution in [3.05, 3.63) is 86.7 Å². The van der Waals surface area contributed by atoms with Crippen LogP contribution in [-0.4, -0.2) is 34.4 Å². The van der Waals surface area contributed by atoms with Crippen LogP contribution in [0.3, 0.4) is 0 Å². The topological polar surface area (TPSA) is 96.8 Å². The lowest BCUT2D eigenvalue weighted by atomic mass is 9.94. The first-order chi connectivity index (χ1) is 16.6. The van der Waals surface area contributed by atoms with E-state index in [0.29, 0.717) is 16.8 Å². The fraction of sp³-hybridized carbons (Fsp3) is 0.231. The average Bonchev–Trinajstić information content (AvgIpc) is 3.33. The number of hydrogen-bond acceptors (Lipinski definition) is 7. The number of rotatable bonds is 5. The molecule has 180 valence electrons. The number of ketones is 1. The van der Waals surface area contributed by atoms with Gasteiger partial charge in [0.25, 0.3) is 5.78 Å². The van der Waals surface area contributed by atoms with E-state index in [9.17, 15) is 23.9 Å². The summed E-state index contributed by atoms with van der Waals surface area (Å²) in [6.45, 7) is 6.94. The van der Waals surface area contributed by atoms with Crippen molar-refractivity contribution in [2.45, 2.75) is 33.7 Å². The van der Waals surface area contributed by atoms with E-state index in [0.717, 1.165) is 23.0 Å². The zero-order chi connectivity index (χ0) is 25.4. The Morgan fingerprint density at radius 3 is 2.46 bits per heavy atom. The zero-order valence-corrected chi connectivity index (χ0v) is 20.4. The molecule has 7 nitrogen and oxygen atoms in total. The van der Waals surface area contributed by atoms with E-state index in [1.165, 1.54) is 17.0 Å². The van der Waals surface area contributed by atoms with Gasteiger partial charge in [-0.25, -0.2) is 14.2 Å². The molecule has 1 saturated heterocycles. The summed E-state index contributed by atoms with van der Waals surface area (Å²) in [5.74, 6) is -3.46. The van der Waals surface area contributed by atoms with Crippen molar-refractivity contribution in [3.8, 4) is 0 Å². The first kappa shape index (κ1) is 24.3. The van der Waals surface area contributed by atoms with Crippen LogP contribution in [-0.2, 0) is 14.3 Å². The number of nitrogens with zero attached hydrogens (tertiary/aromatic N) is 2. The Morgan fingerprint density at radius 2 is 1.83 bits per heavy atom. The van der Waals surface area contributed by atoms with Crippen LogP contribution in [0.5, 0.6) is 0 Å². The molecule has 4 rings (SSSR count). The highest BCUT2D eigenvalue weighted by atomic mass is 32.1. The lowest BCUT2D eigenvalue weighted by Gasteiger charge is -2.23. The van der Waals surface area contributed by atoms with Gasteiger partial charge in [-0.15, -0.1) is 0 Å². The third kappa shape index (κ3) is 4.35. The number of Topliss-reactive ketones (excluding diaryl/α,β-unsaturated/α-hetero) is 1. The van der Waals surface area contributed by atoms with Crippen molar-refractivity contribution in [1.82, 2.24) is 4.98 Å². The number of anilines is 1. The van der Waals surface area contributed by atoms with E-state index in [2.05, 4.69) is 4.98 Å². The van der Waals surface area contributed by atoms with Gasteiger partial charge in [0.05, 0.1) is 23.9 Å². The molecule has 35 heavy (non-hydrogen) atoms. The van der Waals surface area contributed by atoms with Gasteiger partial charge >= 0.3 is 11.9 Å². The predicted molar refractivity (Wildman–Crippen MR) is 130 cm³/mol. The van der Waals surface area contributed by atoms with Crippen LogP contribution in [0.4, 0.5) is 9.52 Å². The van der Waals surface area contributed by atoms with Gasteiger partial charge in [0.2, 0.25) is 0 Å². The summed E-state index contributed by atoms with van der Waals surface area (Å²) in [5.41, 5.74) is 2.13. The van der Waals surface area contributed by atoms with Crippen molar-refractivity contribution in [2.24, 2.45) is 0 Å². The lowest BCUT2D eigenvalue weighted by Crippen LogP contribution is -2.29. The molecular formula is C26H23FN2O5S. The highest BCUT2D eigenvalue weighted by Gasteiger charge is 2.48. The van der Waals surface area contributed by atoms with E-state index in [1.54, 1.807) is 32.9 Å². The lowest BCUT2D eigenvalue weighted by molar-refractivity contribution is -0.132. The van der Waals surface area contributed by atoms with Crippen LogP contribution in [0.1, 0.15) is 50.6 Å². The molecule has 1 atom stereocenters. The Morgan fingerprint density at radius 1 is 1.14 bits per heavy atom. The minimum absolute atomic E-state index is 0.0748. The van der Waals surface area contributed by atoms with Crippen LogP contribution >= 0.6 is 11.3 Å². The maximum absolute atomic E-state index is 14.2. The molecule has 1 aliphatic rings. The maximum Gasteiger partial charge on any atom is 0.350 e. The largest absolute Gasteiger partial charge is 0.507 e. The number of carbonyl (C=O) groups is 3. The second-order valence-corrected chi connectivity index (χ2v) is 9.15. The molecule has 1 amide bonds. The molecule has 1 fully saturated rings. The summed E-state index contributed by atoms with van der Waals surface area (Å²) < 4.78 is 19.3. The van der Waals surface area contributed by atoms with Crippen molar-refractivity contribution in [1.29, 1.82) is 0 Å². The number of carbonyl (C=O) groups excluding carboxylic acids is 3. The summed E-state index contributed by atoms with van der Waals surface area (Å²) >= 11 is 0.929. The molecule has 2 aromatic carbocycles. The summed E-state index contributed by atoms with van der Waals surface area (Å²) in [4.78, 5) is 44.6.